The molecule has 0 radical (unpaired) electrons. The summed E-state index contributed by atoms with van der Waals surface area (Å²) >= 11 is 0. The third-order valence-corrected chi connectivity index (χ3v) is 4.50. The normalized spacial score (nSPS) is 21.3. The first kappa shape index (κ1) is 19.4. The van der Waals surface area contributed by atoms with Crippen molar-refractivity contribution in [3.8, 4) is 0 Å². The van der Waals surface area contributed by atoms with Crippen LogP contribution in [0.15, 0.2) is 60.7 Å². The number of nitrogens with zero attached hydrogens (tertiary/aromatic N) is 1. The Bertz CT molecular complexity index is 666. The number of amides is 1. The van der Waals surface area contributed by atoms with Crippen LogP contribution in [0.4, 0.5) is 0 Å². The summed E-state index contributed by atoms with van der Waals surface area (Å²) in [7, 11) is 0. The molecule has 1 amide bonds. The van der Waals surface area contributed by atoms with E-state index < -0.39 is 0 Å². The van der Waals surface area contributed by atoms with Gasteiger partial charge in [0, 0.05) is 19.0 Å². The molecule has 0 saturated carbocycles. The predicted octanol–water partition coefficient (Wildman–Crippen LogP) is 3.49. The van der Waals surface area contributed by atoms with Gasteiger partial charge in [0.05, 0.1) is 18.8 Å². The number of rotatable bonds is 4. The molecule has 5 heteroatoms. The molecule has 1 heterocycles. The van der Waals surface area contributed by atoms with Crippen molar-refractivity contribution in [2.24, 2.45) is 5.73 Å². The summed E-state index contributed by atoms with van der Waals surface area (Å²) in [5.74, 6) is 0.0790. The van der Waals surface area contributed by atoms with Crippen molar-refractivity contribution in [3.05, 3.63) is 71.8 Å². The molecule has 3 atom stereocenters. The zero-order valence-electron chi connectivity index (χ0n) is 14.4. The molecule has 0 spiro atoms. The Morgan fingerprint density at radius 2 is 1.76 bits per heavy atom. The van der Waals surface area contributed by atoms with Crippen LogP contribution in [0.5, 0.6) is 0 Å². The maximum absolute atomic E-state index is 12.9. The third-order valence-electron chi connectivity index (χ3n) is 4.50. The number of hydrogen-bond donors (Lipinski definition) is 1. The molecule has 2 aromatic carbocycles. The van der Waals surface area contributed by atoms with Gasteiger partial charge in [0.15, 0.2) is 0 Å². The summed E-state index contributed by atoms with van der Waals surface area (Å²) in [5, 5.41) is 0. The Morgan fingerprint density at radius 1 is 1.16 bits per heavy atom. The fourth-order valence-electron chi connectivity index (χ4n) is 3.15. The van der Waals surface area contributed by atoms with Crippen molar-refractivity contribution in [1.29, 1.82) is 0 Å². The Hall–Kier alpha value is -1.88. The van der Waals surface area contributed by atoms with E-state index in [0.717, 1.165) is 11.1 Å². The lowest BCUT2D eigenvalue weighted by Gasteiger charge is -2.39. The molecular formula is C20H25ClN2O2. The van der Waals surface area contributed by atoms with E-state index in [0.29, 0.717) is 19.6 Å². The standard InChI is InChI=1S/C20H24N2O2.ClH/c1-15-13-22(19(14-24-15)17-10-6-3-7-11-17)20(23)12-18(21)16-8-4-2-5-9-16;/h2-11,15,18-19H,12-14,21H2,1H3;1H. The van der Waals surface area contributed by atoms with Crippen LogP contribution in [0.3, 0.4) is 0 Å². The first-order valence-corrected chi connectivity index (χ1v) is 8.41. The first-order valence-electron chi connectivity index (χ1n) is 8.41. The molecule has 2 aromatic rings. The molecule has 0 aliphatic carbocycles. The molecule has 25 heavy (non-hydrogen) atoms. The fraction of sp³-hybridized carbons (Fsp3) is 0.350. The van der Waals surface area contributed by atoms with Gasteiger partial charge >= 0.3 is 0 Å². The lowest BCUT2D eigenvalue weighted by atomic mass is 10.0. The molecule has 3 rings (SSSR count). The molecule has 1 aliphatic heterocycles. The van der Waals surface area contributed by atoms with Gasteiger partial charge in [-0.2, -0.15) is 0 Å². The smallest absolute Gasteiger partial charge is 0.225 e. The van der Waals surface area contributed by atoms with Crippen LogP contribution >= 0.6 is 12.4 Å². The van der Waals surface area contributed by atoms with Crippen molar-refractivity contribution >= 4 is 18.3 Å². The number of halogens is 1. The number of hydrogen-bond acceptors (Lipinski definition) is 3. The highest BCUT2D eigenvalue weighted by Crippen LogP contribution is 2.28. The second kappa shape index (κ2) is 8.99. The van der Waals surface area contributed by atoms with Crippen molar-refractivity contribution in [3.63, 3.8) is 0 Å². The van der Waals surface area contributed by atoms with Gasteiger partial charge in [0.25, 0.3) is 0 Å². The maximum Gasteiger partial charge on any atom is 0.225 e. The van der Waals surface area contributed by atoms with Crippen LogP contribution in [-0.2, 0) is 9.53 Å². The highest BCUT2D eigenvalue weighted by molar-refractivity contribution is 5.85. The molecule has 3 unspecified atom stereocenters. The molecule has 1 fully saturated rings. The molecule has 4 nitrogen and oxygen atoms in total. The number of ether oxygens (including phenoxy) is 1. The van der Waals surface area contributed by atoms with Crippen LogP contribution < -0.4 is 5.73 Å². The second-order valence-corrected chi connectivity index (χ2v) is 6.34. The molecule has 134 valence electrons. The van der Waals surface area contributed by atoms with Gasteiger partial charge < -0.3 is 15.4 Å². The Kier molecular flexibility index (Phi) is 7.00. The van der Waals surface area contributed by atoms with E-state index in [4.69, 9.17) is 10.5 Å². The monoisotopic (exact) mass is 360 g/mol. The van der Waals surface area contributed by atoms with Crippen molar-refractivity contribution in [2.45, 2.75) is 31.5 Å². The minimum atomic E-state index is -0.284. The summed E-state index contributed by atoms with van der Waals surface area (Å²) in [6.45, 7) is 3.12. The lowest BCUT2D eigenvalue weighted by Crippen LogP contribution is -2.47. The number of carbonyl (C=O) groups excluding carboxylic acids is 1. The summed E-state index contributed by atoms with van der Waals surface area (Å²) in [6, 6.07) is 19.5. The van der Waals surface area contributed by atoms with Gasteiger partial charge in [-0.3, -0.25) is 4.79 Å². The summed E-state index contributed by atoms with van der Waals surface area (Å²) in [5.41, 5.74) is 8.33. The van der Waals surface area contributed by atoms with E-state index in [9.17, 15) is 4.79 Å². The predicted molar refractivity (Wildman–Crippen MR) is 102 cm³/mol. The lowest BCUT2D eigenvalue weighted by molar-refractivity contribution is -0.145. The average Bonchev–Trinajstić information content (AvgIpc) is 2.63. The van der Waals surface area contributed by atoms with Gasteiger partial charge in [-0.25, -0.2) is 0 Å². The van der Waals surface area contributed by atoms with Gasteiger partial charge in [0.1, 0.15) is 0 Å². The quantitative estimate of drug-likeness (QED) is 0.908. The molecule has 1 saturated heterocycles. The van der Waals surface area contributed by atoms with Crippen LogP contribution in [0, 0.1) is 0 Å². The van der Waals surface area contributed by atoms with Gasteiger partial charge in [0.2, 0.25) is 5.91 Å². The van der Waals surface area contributed by atoms with E-state index in [1.807, 2.05) is 72.5 Å². The number of morpholine rings is 1. The topological polar surface area (TPSA) is 55.6 Å². The molecular weight excluding hydrogens is 336 g/mol. The largest absolute Gasteiger partial charge is 0.374 e. The summed E-state index contributed by atoms with van der Waals surface area (Å²) < 4.78 is 5.79. The number of carbonyl (C=O) groups is 1. The zero-order valence-corrected chi connectivity index (χ0v) is 15.2. The van der Waals surface area contributed by atoms with Crippen LogP contribution in [-0.4, -0.2) is 30.1 Å². The van der Waals surface area contributed by atoms with Crippen molar-refractivity contribution in [2.75, 3.05) is 13.2 Å². The van der Waals surface area contributed by atoms with E-state index in [2.05, 4.69) is 0 Å². The van der Waals surface area contributed by atoms with Gasteiger partial charge in [-0.15, -0.1) is 12.4 Å². The van der Waals surface area contributed by atoms with Crippen LogP contribution in [0.2, 0.25) is 0 Å². The summed E-state index contributed by atoms with van der Waals surface area (Å²) in [6.07, 6.45) is 0.349. The van der Waals surface area contributed by atoms with Crippen LogP contribution in [0.1, 0.15) is 36.6 Å². The second-order valence-electron chi connectivity index (χ2n) is 6.34. The van der Waals surface area contributed by atoms with E-state index in [-0.39, 0.29) is 36.5 Å². The number of nitrogens with two attached hydrogens (primary N) is 1. The molecule has 0 aromatic heterocycles. The Morgan fingerprint density at radius 3 is 2.40 bits per heavy atom. The average molecular weight is 361 g/mol. The molecule has 2 N–H and O–H groups in total. The van der Waals surface area contributed by atoms with Crippen LogP contribution in [0.25, 0.3) is 0 Å². The minimum Gasteiger partial charge on any atom is -0.374 e. The first-order chi connectivity index (χ1) is 11.6. The SMILES string of the molecule is CC1CN(C(=O)CC(N)c2ccccc2)C(c2ccccc2)CO1.Cl. The Balaban J connectivity index is 0.00000225. The van der Waals surface area contributed by atoms with Gasteiger partial charge in [-0.1, -0.05) is 60.7 Å². The third kappa shape index (κ3) is 4.82. The van der Waals surface area contributed by atoms with E-state index in [1.165, 1.54) is 0 Å². The minimum absolute atomic E-state index is 0. The highest BCUT2D eigenvalue weighted by atomic mass is 35.5. The van der Waals surface area contributed by atoms with E-state index >= 15 is 0 Å². The fourth-order valence-corrected chi connectivity index (χ4v) is 3.15. The van der Waals surface area contributed by atoms with E-state index in [1.54, 1.807) is 0 Å². The van der Waals surface area contributed by atoms with Gasteiger partial charge in [-0.05, 0) is 18.1 Å². The number of benzene rings is 2. The molecule has 0 bridgehead atoms. The maximum atomic E-state index is 12.9. The van der Waals surface area contributed by atoms with Crippen molar-refractivity contribution < 1.29 is 9.53 Å². The molecule has 1 aliphatic rings. The summed E-state index contributed by atoms with van der Waals surface area (Å²) in [4.78, 5) is 14.8. The van der Waals surface area contributed by atoms with Crippen molar-refractivity contribution in [1.82, 2.24) is 4.90 Å². The Labute approximate surface area is 155 Å². The highest BCUT2D eigenvalue weighted by Gasteiger charge is 2.32. The zero-order chi connectivity index (χ0) is 16.9.